The van der Waals surface area contributed by atoms with Gasteiger partial charge in [0.25, 0.3) is 0 Å². The number of benzene rings is 1. The molecule has 0 saturated carbocycles. The number of hydrogen-bond acceptors (Lipinski definition) is 6. The van der Waals surface area contributed by atoms with E-state index in [-0.39, 0.29) is 41.9 Å². The Bertz CT molecular complexity index is 980. The van der Waals surface area contributed by atoms with Crippen LogP contribution in [0.4, 0.5) is 0 Å². The zero-order chi connectivity index (χ0) is 20.7. The summed E-state index contributed by atoms with van der Waals surface area (Å²) in [5.74, 6) is -0.194. The molecule has 1 atom stereocenters. The predicted octanol–water partition coefficient (Wildman–Crippen LogP) is 0.884. The van der Waals surface area contributed by atoms with E-state index in [2.05, 4.69) is 15.5 Å². The molecule has 5 rings (SSSR count). The minimum Gasteiger partial charge on any atom is -0.342 e. The number of Topliss-reactive ketones (excluding diaryl/α,β-unsaturated/α-hetero) is 1. The summed E-state index contributed by atoms with van der Waals surface area (Å²) in [7, 11) is 0. The van der Waals surface area contributed by atoms with Crippen molar-refractivity contribution < 1.29 is 14.4 Å². The van der Waals surface area contributed by atoms with Gasteiger partial charge in [-0.15, -0.1) is 5.10 Å². The van der Waals surface area contributed by atoms with Crippen LogP contribution in [0.2, 0.25) is 0 Å². The molecule has 3 aliphatic rings. The fourth-order valence-corrected chi connectivity index (χ4v) is 5.15. The zero-order valence-corrected chi connectivity index (χ0v) is 16.7. The number of aromatic nitrogens is 4. The molecule has 156 valence electrons. The molecule has 0 bridgehead atoms. The third kappa shape index (κ3) is 3.28. The van der Waals surface area contributed by atoms with Crippen molar-refractivity contribution in [2.24, 2.45) is 5.41 Å². The molecular formula is C21H24N6O3. The molecule has 1 aromatic carbocycles. The third-order valence-electron chi connectivity index (χ3n) is 6.94. The van der Waals surface area contributed by atoms with Crippen LogP contribution in [-0.2, 0) is 16.1 Å². The van der Waals surface area contributed by atoms with Crippen LogP contribution >= 0.6 is 0 Å². The molecule has 2 saturated heterocycles. The van der Waals surface area contributed by atoms with Crippen LogP contribution in [0.25, 0.3) is 0 Å². The van der Waals surface area contributed by atoms with Crippen LogP contribution in [-0.4, -0.2) is 73.8 Å². The van der Waals surface area contributed by atoms with Crippen molar-refractivity contribution >= 4 is 17.6 Å². The molecule has 3 heterocycles. The summed E-state index contributed by atoms with van der Waals surface area (Å²) in [5, 5.41) is 10.9. The average molecular weight is 408 g/mol. The Labute approximate surface area is 174 Å². The van der Waals surface area contributed by atoms with Gasteiger partial charge in [0.15, 0.2) is 5.78 Å². The van der Waals surface area contributed by atoms with Gasteiger partial charge in [0.05, 0.1) is 5.92 Å². The molecule has 0 N–H and O–H groups in total. The maximum absolute atomic E-state index is 13.2. The summed E-state index contributed by atoms with van der Waals surface area (Å²) in [6, 6.07) is 7.47. The summed E-state index contributed by atoms with van der Waals surface area (Å²) in [6.07, 6.45) is 4.45. The van der Waals surface area contributed by atoms with E-state index in [9.17, 15) is 14.4 Å². The SMILES string of the molecule is O=C1CC(C(=O)N2CCC3(CCN(C(=O)Cn4cnnn4)CC3)C2)c2ccccc21. The van der Waals surface area contributed by atoms with Crippen LogP contribution < -0.4 is 0 Å². The predicted molar refractivity (Wildman–Crippen MR) is 105 cm³/mol. The van der Waals surface area contributed by atoms with E-state index in [1.165, 1.54) is 11.0 Å². The number of ketones is 1. The average Bonchev–Trinajstić information content (AvgIpc) is 3.49. The highest BCUT2D eigenvalue weighted by molar-refractivity contribution is 6.06. The second-order valence-electron chi connectivity index (χ2n) is 8.67. The second kappa shape index (κ2) is 7.30. The van der Waals surface area contributed by atoms with Gasteiger partial charge in [-0.2, -0.15) is 0 Å². The molecule has 2 amide bonds. The van der Waals surface area contributed by atoms with Gasteiger partial charge in [0, 0.05) is 38.2 Å². The van der Waals surface area contributed by atoms with Crippen LogP contribution in [0, 0.1) is 5.41 Å². The summed E-state index contributed by atoms with van der Waals surface area (Å²) in [6.45, 7) is 2.97. The zero-order valence-electron chi connectivity index (χ0n) is 16.7. The van der Waals surface area contributed by atoms with E-state index in [0.717, 1.165) is 31.4 Å². The topological polar surface area (TPSA) is 101 Å². The highest BCUT2D eigenvalue weighted by atomic mass is 16.2. The Kier molecular flexibility index (Phi) is 4.60. The standard InChI is InChI=1S/C21H24N6O3/c28-18-11-17(15-3-1-2-4-16(15)18)20(30)26-10-7-21(13-26)5-8-25(9-6-21)19(29)12-27-14-22-23-24-27/h1-4,14,17H,5-13H2. The van der Waals surface area contributed by atoms with Crippen LogP contribution in [0.1, 0.15) is 47.5 Å². The fraction of sp³-hybridized carbons (Fsp3) is 0.524. The maximum Gasteiger partial charge on any atom is 0.244 e. The van der Waals surface area contributed by atoms with Crippen molar-refractivity contribution in [2.75, 3.05) is 26.2 Å². The lowest BCUT2D eigenvalue weighted by Crippen LogP contribution is -2.46. The molecule has 0 radical (unpaired) electrons. The molecule has 2 aromatic rings. The first-order valence-electron chi connectivity index (χ1n) is 10.4. The molecule has 2 aliphatic heterocycles. The molecular weight excluding hydrogens is 384 g/mol. The highest BCUT2D eigenvalue weighted by Gasteiger charge is 2.45. The van der Waals surface area contributed by atoms with Gasteiger partial charge >= 0.3 is 0 Å². The number of carbonyl (C=O) groups is 3. The molecule has 9 nitrogen and oxygen atoms in total. The Morgan fingerprint density at radius 2 is 1.80 bits per heavy atom. The van der Waals surface area contributed by atoms with E-state index in [1.54, 1.807) is 0 Å². The smallest absolute Gasteiger partial charge is 0.244 e. The lowest BCUT2D eigenvalue weighted by Gasteiger charge is -2.39. The van der Waals surface area contributed by atoms with Gasteiger partial charge < -0.3 is 9.80 Å². The minimum atomic E-state index is -0.346. The number of fused-ring (bicyclic) bond motifs is 1. The van der Waals surface area contributed by atoms with Crippen molar-refractivity contribution in [1.82, 2.24) is 30.0 Å². The number of amides is 2. The van der Waals surface area contributed by atoms with Crippen molar-refractivity contribution in [3.05, 3.63) is 41.7 Å². The molecule has 1 unspecified atom stereocenters. The number of nitrogens with zero attached hydrogens (tertiary/aromatic N) is 6. The van der Waals surface area contributed by atoms with Gasteiger partial charge in [0.1, 0.15) is 12.9 Å². The monoisotopic (exact) mass is 408 g/mol. The summed E-state index contributed by atoms with van der Waals surface area (Å²) in [4.78, 5) is 41.8. The Hall–Kier alpha value is -3.10. The van der Waals surface area contributed by atoms with Gasteiger partial charge in [-0.25, -0.2) is 4.68 Å². The molecule has 1 spiro atoms. The Balaban J connectivity index is 1.20. The number of piperidine rings is 1. The number of hydrogen-bond donors (Lipinski definition) is 0. The van der Waals surface area contributed by atoms with Crippen molar-refractivity contribution in [3.63, 3.8) is 0 Å². The fourth-order valence-electron chi connectivity index (χ4n) is 5.15. The van der Waals surface area contributed by atoms with Crippen LogP contribution in [0.3, 0.4) is 0 Å². The van der Waals surface area contributed by atoms with Gasteiger partial charge in [-0.3, -0.25) is 14.4 Å². The molecule has 1 aliphatic carbocycles. The molecule has 2 fully saturated rings. The van der Waals surface area contributed by atoms with Crippen molar-refractivity contribution in [2.45, 2.75) is 38.1 Å². The summed E-state index contributed by atoms with van der Waals surface area (Å²) in [5.41, 5.74) is 1.64. The lowest BCUT2D eigenvalue weighted by molar-refractivity contribution is -0.135. The Morgan fingerprint density at radius 1 is 1.07 bits per heavy atom. The van der Waals surface area contributed by atoms with Crippen LogP contribution in [0.5, 0.6) is 0 Å². The van der Waals surface area contributed by atoms with Gasteiger partial charge in [0.2, 0.25) is 11.8 Å². The largest absolute Gasteiger partial charge is 0.342 e. The highest BCUT2D eigenvalue weighted by Crippen LogP contribution is 2.42. The molecule has 9 heteroatoms. The second-order valence-corrected chi connectivity index (χ2v) is 8.67. The first kappa shape index (κ1) is 18.9. The molecule has 30 heavy (non-hydrogen) atoms. The first-order chi connectivity index (χ1) is 14.5. The number of rotatable bonds is 3. The first-order valence-corrected chi connectivity index (χ1v) is 10.4. The summed E-state index contributed by atoms with van der Waals surface area (Å²) < 4.78 is 1.43. The number of likely N-dealkylation sites (tertiary alicyclic amines) is 2. The lowest BCUT2D eigenvalue weighted by atomic mass is 9.77. The maximum atomic E-state index is 13.2. The van der Waals surface area contributed by atoms with Gasteiger partial charge in [-0.1, -0.05) is 24.3 Å². The third-order valence-corrected chi connectivity index (χ3v) is 6.94. The van der Waals surface area contributed by atoms with Crippen molar-refractivity contribution in [3.8, 4) is 0 Å². The summed E-state index contributed by atoms with van der Waals surface area (Å²) >= 11 is 0. The quantitative estimate of drug-likeness (QED) is 0.747. The van der Waals surface area contributed by atoms with E-state index in [1.807, 2.05) is 34.1 Å². The van der Waals surface area contributed by atoms with Crippen LogP contribution in [0.15, 0.2) is 30.6 Å². The Morgan fingerprint density at radius 3 is 2.53 bits per heavy atom. The normalized spacial score (nSPS) is 22.5. The van der Waals surface area contributed by atoms with E-state index >= 15 is 0 Å². The number of tetrazole rings is 1. The molecule has 1 aromatic heterocycles. The van der Waals surface area contributed by atoms with Gasteiger partial charge in [-0.05, 0) is 40.7 Å². The van der Waals surface area contributed by atoms with E-state index < -0.39 is 0 Å². The minimum absolute atomic E-state index is 0.0177. The van der Waals surface area contributed by atoms with Crippen molar-refractivity contribution in [1.29, 1.82) is 0 Å². The van der Waals surface area contributed by atoms with E-state index in [0.29, 0.717) is 25.2 Å². The van der Waals surface area contributed by atoms with E-state index in [4.69, 9.17) is 0 Å². The number of carbonyl (C=O) groups excluding carboxylic acids is 3.